The first-order valence-electron chi connectivity index (χ1n) is 5.04. The van der Waals surface area contributed by atoms with Crippen LogP contribution in [0.3, 0.4) is 0 Å². The summed E-state index contributed by atoms with van der Waals surface area (Å²) < 4.78 is 5.42. The molecule has 0 aliphatic rings. The molecule has 0 aliphatic heterocycles. The molecule has 2 N–H and O–H groups in total. The molecule has 1 rings (SSSR count). The van der Waals surface area contributed by atoms with E-state index in [0.717, 1.165) is 0 Å². The summed E-state index contributed by atoms with van der Waals surface area (Å²) in [6.45, 7) is 3.01. The van der Waals surface area contributed by atoms with Crippen LogP contribution < -0.4 is 0 Å². The molecule has 0 fully saturated rings. The van der Waals surface area contributed by atoms with Crippen molar-refractivity contribution in [2.45, 2.75) is 32.2 Å². The summed E-state index contributed by atoms with van der Waals surface area (Å²) in [5, 5.41) is 19.1. The third-order valence-electron chi connectivity index (χ3n) is 1.97. The van der Waals surface area contributed by atoms with Crippen molar-refractivity contribution >= 4 is 11.6 Å². The molecule has 90 valence electrons. The third-order valence-corrected chi connectivity index (χ3v) is 2.31. The smallest absolute Gasteiger partial charge is 0.160 e. The van der Waals surface area contributed by atoms with Crippen LogP contribution in [-0.2, 0) is 4.74 Å². The van der Waals surface area contributed by atoms with Gasteiger partial charge in [0.1, 0.15) is 0 Å². The van der Waals surface area contributed by atoms with E-state index in [1.165, 1.54) is 13.8 Å². The average molecular weight is 246 g/mol. The monoisotopic (exact) mass is 245 g/mol. The maximum absolute atomic E-state index is 9.60. The summed E-state index contributed by atoms with van der Waals surface area (Å²) in [6.07, 6.45) is 3.04. The highest BCUT2D eigenvalue weighted by atomic mass is 35.5. The van der Waals surface area contributed by atoms with Gasteiger partial charge in [-0.1, -0.05) is 11.6 Å². The number of aliphatic hydroxyl groups excluding tert-OH is 1. The maximum atomic E-state index is 9.60. The van der Waals surface area contributed by atoms with E-state index in [1.54, 1.807) is 18.5 Å². The minimum Gasteiger partial charge on any atom is -0.396 e. The van der Waals surface area contributed by atoms with Gasteiger partial charge >= 0.3 is 0 Å². The number of rotatable bonds is 5. The van der Waals surface area contributed by atoms with E-state index in [2.05, 4.69) is 4.98 Å². The van der Waals surface area contributed by atoms with Crippen LogP contribution in [0.1, 0.15) is 31.9 Å². The Morgan fingerprint density at radius 1 is 1.56 bits per heavy atom. The second-order valence-electron chi connectivity index (χ2n) is 3.96. The molecule has 1 heterocycles. The van der Waals surface area contributed by atoms with Crippen molar-refractivity contribution in [2.24, 2.45) is 0 Å². The van der Waals surface area contributed by atoms with E-state index >= 15 is 0 Å². The molecule has 1 aromatic rings. The molecule has 0 bridgehead atoms. The van der Waals surface area contributed by atoms with Crippen molar-refractivity contribution in [3.63, 3.8) is 0 Å². The topological polar surface area (TPSA) is 62.6 Å². The molecule has 1 unspecified atom stereocenters. The summed E-state index contributed by atoms with van der Waals surface area (Å²) in [5.74, 6) is -1.28. The summed E-state index contributed by atoms with van der Waals surface area (Å²) in [5.41, 5.74) is 0.667. The highest BCUT2D eigenvalue weighted by Gasteiger charge is 2.23. The van der Waals surface area contributed by atoms with Gasteiger partial charge in [0.05, 0.1) is 6.10 Å². The van der Waals surface area contributed by atoms with E-state index < -0.39 is 11.9 Å². The molecular formula is C11H16ClNO3. The van der Waals surface area contributed by atoms with Gasteiger partial charge in [0.2, 0.25) is 0 Å². The lowest BCUT2D eigenvalue weighted by Crippen LogP contribution is -2.26. The number of halogens is 1. The number of ether oxygens (including phenoxy) is 1. The Balaban J connectivity index is 2.89. The van der Waals surface area contributed by atoms with Crippen LogP contribution in [0.15, 0.2) is 18.5 Å². The second kappa shape index (κ2) is 5.59. The van der Waals surface area contributed by atoms with Crippen LogP contribution >= 0.6 is 11.6 Å². The van der Waals surface area contributed by atoms with Gasteiger partial charge in [-0.15, -0.1) is 0 Å². The molecule has 0 saturated carbocycles. The maximum Gasteiger partial charge on any atom is 0.160 e. The second-order valence-corrected chi connectivity index (χ2v) is 4.37. The van der Waals surface area contributed by atoms with Crippen molar-refractivity contribution in [1.29, 1.82) is 0 Å². The van der Waals surface area contributed by atoms with E-state index in [0.29, 0.717) is 17.0 Å². The van der Waals surface area contributed by atoms with Crippen molar-refractivity contribution in [2.75, 3.05) is 6.61 Å². The van der Waals surface area contributed by atoms with Gasteiger partial charge in [-0.25, -0.2) is 0 Å². The molecule has 0 aliphatic carbocycles. The van der Waals surface area contributed by atoms with E-state index in [4.69, 9.17) is 21.4 Å². The van der Waals surface area contributed by atoms with E-state index in [9.17, 15) is 5.11 Å². The number of hydrogen-bond acceptors (Lipinski definition) is 4. The molecule has 4 nitrogen and oxygen atoms in total. The van der Waals surface area contributed by atoms with Gasteiger partial charge in [0.15, 0.2) is 5.79 Å². The molecule has 1 atom stereocenters. The molecule has 0 radical (unpaired) electrons. The SMILES string of the molecule is CC(C)(O)OC(CCO)c1cnccc1Cl. The first-order valence-corrected chi connectivity index (χ1v) is 5.42. The Morgan fingerprint density at radius 2 is 2.25 bits per heavy atom. The van der Waals surface area contributed by atoms with Crippen LogP contribution in [0, 0.1) is 0 Å². The van der Waals surface area contributed by atoms with Gasteiger partial charge in [-0.3, -0.25) is 4.98 Å². The minimum atomic E-state index is -1.28. The lowest BCUT2D eigenvalue weighted by atomic mass is 10.1. The zero-order chi connectivity index (χ0) is 12.2. The van der Waals surface area contributed by atoms with E-state index in [1.807, 2.05) is 0 Å². The molecule has 0 aromatic carbocycles. The van der Waals surface area contributed by atoms with Crippen LogP contribution in [0.25, 0.3) is 0 Å². The zero-order valence-corrected chi connectivity index (χ0v) is 10.1. The Kier molecular flexibility index (Phi) is 4.68. The lowest BCUT2D eigenvalue weighted by Gasteiger charge is -2.26. The standard InChI is InChI=1S/C11H16ClNO3/c1-11(2,15)16-10(4-6-14)8-7-13-5-3-9(8)12/h3,5,7,10,14-15H,4,6H2,1-2H3. The van der Waals surface area contributed by atoms with Crippen molar-refractivity contribution in [3.05, 3.63) is 29.0 Å². The predicted octanol–water partition coefficient (Wildman–Crippen LogP) is 1.90. The Morgan fingerprint density at radius 3 is 2.75 bits per heavy atom. The number of hydrogen-bond donors (Lipinski definition) is 2. The van der Waals surface area contributed by atoms with Crippen LogP contribution in [0.2, 0.25) is 5.02 Å². The van der Waals surface area contributed by atoms with Gasteiger partial charge in [-0.2, -0.15) is 0 Å². The van der Waals surface area contributed by atoms with Gasteiger partial charge in [0.25, 0.3) is 0 Å². The fourth-order valence-corrected chi connectivity index (χ4v) is 1.60. The third kappa shape index (κ3) is 4.06. The average Bonchev–Trinajstić information content (AvgIpc) is 2.16. The van der Waals surface area contributed by atoms with Gasteiger partial charge in [-0.05, 0) is 19.9 Å². The first-order chi connectivity index (χ1) is 7.44. The fourth-order valence-electron chi connectivity index (χ4n) is 1.37. The highest BCUT2D eigenvalue weighted by molar-refractivity contribution is 6.31. The fraction of sp³-hybridized carbons (Fsp3) is 0.545. The van der Waals surface area contributed by atoms with E-state index in [-0.39, 0.29) is 6.61 Å². The highest BCUT2D eigenvalue weighted by Crippen LogP contribution is 2.30. The van der Waals surface area contributed by atoms with Crippen molar-refractivity contribution in [3.8, 4) is 0 Å². The quantitative estimate of drug-likeness (QED) is 0.778. The lowest BCUT2D eigenvalue weighted by molar-refractivity contribution is -0.210. The summed E-state index contributed by atoms with van der Waals surface area (Å²) in [6, 6.07) is 1.65. The molecular weight excluding hydrogens is 230 g/mol. The zero-order valence-electron chi connectivity index (χ0n) is 9.35. The number of aromatic nitrogens is 1. The molecule has 0 amide bonds. The van der Waals surface area contributed by atoms with Crippen molar-refractivity contribution in [1.82, 2.24) is 4.98 Å². The van der Waals surface area contributed by atoms with Gasteiger partial charge in [0, 0.05) is 36.0 Å². The molecule has 0 spiro atoms. The first kappa shape index (κ1) is 13.4. The number of aliphatic hydroxyl groups is 2. The largest absolute Gasteiger partial charge is 0.396 e. The van der Waals surface area contributed by atoms with Crippen LogP contribution in [0.5, 0.6) is 0 Å². The molecule has 1 aromatic heterocycles. The van der Waals surface area contributed by atoms with Crippen molar-refractivity contribution < 1.29 is 14.9 Å². The Hall–Kier alpha value is -0.680. The van der Waals surface area contributed by atoms with Gasteiger partial charge < -0.3 is 14.9 Å². The Labute approximate surface area is 99.8 Å². The molecule has 0 saturated heterocycles. The van der Waals surface area contributed by atoms with Crippen LogP contribution in [-0.4, -0.2) is 27.6 Å². The summed E-state index contributed by atoms with van der Waals surface area (Å²) in [7, 11) is 0. The number of nitrogens with zero attached hydrogens (tertiary/aromatic N) is 1. The summed E-state index contributed by atoms with van der Waals surface area (Å²) in [4.78, 5) is 3.95. The molecule has 16 heavy (non-hydrogen) atoms. The predicted molar refractivity (Wildman–Crippen MR) is 61.1 cm³/mol. The number of pyridine rings is 1. The minimum absolute atomic E-state index is 0.0496. The molecule has 5 heteroatoms. The summed E-state index contributed by atoms with van der Waals surface area (Å²) >= 11 is 6.00. The normalized spacial score (nSPS) is 13.8. The van der Waals surface area contributed by atoms with Crippen LogP contribution in [0.4, 0.5) is 0 Å². The Bertz CT molecular complexity index is 338.